The van der Waals surface area contributed by atoms with Gasteiger partial charge in [-0.25, -0.2) is 4.68 Å². The van der Waals surface area contributed by atoms with Crippen LogP contribution in [0.1, 0.15) is 5.76 Å². The summed E-state index contributed by atoms with van der Waals surface area (Å²) in [7, 11) is 0. The van der Waals surface area contributed by atoms with Crippen molar-refractivity contribution in [3.63, 3.8) is 0 Å². The Morgan fingerprint density at radius 3 is 2.92 bits per heavy atom. The molecule has 4 nitrogen and oxygen atoms in total. The third-order valence-corrected chi connectivity index (χ3v) is 2.44. The van der Waals surface area contributed by atoms with Gasteiger partial charge >= 0.3 is 0 Å². The van der Waals surface area contributed by atoms with Gasteiger partial charge in [-0.2, -0.15) is 5.10 Å². The van der Waals surface area contributed by atoms with Gasteiger partial charge in [-0.05, 0) is 28.1 Å². The smallest absolute Gasteiger partial charge is 0.139 e. The number of halogens is 1. The van der Waals surface area contributed by atoms with Crippen LogP contribution in [-0.4, -0.2) is 9.78 Å². The van der Waals surface area contributed by atoms with Gasteiger partial charge in [-0.15, -0.1) is 0 Å². The molecular formula is C8H8BrN3O. The van der Waals surface area contributed by atoms with Crippen LogP contribution in [0.5, 0.6) is 0 Å². The number of aromatic nitrogens is 2. The Kier molecular flexibility index (Phi) is 2.10. The molecule has 2 heterocycles. The lowest BCUT2D eigenvalue weighted by Gasteiger charge is -2.00. The number of furan rings is 1. The maximum absolute atomic E-state index is 5.65. The number of anilines is 1. The first kappa shape index (κ1) is 8.37. The van der Waals surface area contributed by atoms with Crippen LogP contribution in [0.2, 0.25) is 0 Å². The predicted molar refractivity (Wildman–Crippen MR) is 52.1 cm³/mol. The molecule has 2 aromatic rings. The van der Waals surface area contributed by atoms with Gasteiger partial charge in [0.05, 0.1) is 16.9 Å². The second-order valence-electron chi connectivity index (χ2n) is 2.61. The van der Waals surface area contributed by atoms with E-state index in [0.717, 1.165) is 10.2 Å². The third-order valence-electron chi connectivity index (χ3n) is 1.73. The van der Waals surface area contributed by atoms with Crippen LogP contribution in [0.4, 0.5) is 5.82 Å². The summed E-state index contributed by atoms with van der Waals surface area (Å²) in [6.07, 6.45) is 3.28. The maximum atomic E-state index is 5.65. The summed E-state index contributed by atoms with van der Waals surface area (Å²) in [5.74, 6) is 1.44. The van der Waals surface area contributed by atoms with Crippen LogP contribution >= 0.6 is 15.9 Å². The molecule has 0 unspecified atom stereocenters. The molecular weight excluding hydrogens is 234 g/mol. The summed E-state index contributed by atoms with van der Waals surface area (Å²) >= 11 is 3.36. The van der Waals surface area contributed by atoms with Crippen molar-refractivity contribution in [1.82, 2.24) is 9.78 Å². The maximum Gasteiger partial charge on any atom is 0.139 e. The molecule has 0 spiro atoms. The SMILES string of the molecule is Nc1ccnn1Cc1occc1Br. The van der Waals surface area contributed by atoms with E-state index in [4.69, 9.17) is 10.2 Å². The highest BCUT2D eigenvalue weighted by Crippen LogP contribution is 2.19. The largest absolute Gasteiger partial charge is 0.466 e. The zero-order valence-corrected chi connectivity index (χ0v) is 8.36. The minimum absolute atomic E-state index is 0.548. The summed E-state index contributed by atoms with van der Waals surface area (Å²) in [4.78, 5) is 0. The average Bonchev–Trinajstić information content (AvgIpc) is 2.65. The summed E-state index contributed by atoms with van der Waals surface area (Å²) < 4.78 is 7.83. The number of hydrogen-bond donors (Lipinski definition) is 1. The molecule has 0 amide bonds. The molecule has 0 fully saturated rings. The Balaban J connectivity index is 2.24. The van der Waals surface area contributed by atoms with E-state index in [0.29, 0.717) is 12.4 Å². The molecule has 0 aliphatic rings. The molecule has 0 saturated heterocycles. The van der Waals surface area contributed by atoms with E-state index in [2.05, 4.69) is 21.0 Å². The first-order valence-corrected chi connectivity index (χ1v) is 4.56. The summed E-state index contributed by atoms with van der Waals surface area (Å²) in [6, 6.07) is 3.59. The minimum atomic E-state index is 0.548. The fraction of sp³-hybridized carbons (Fsp3) is 0.125. The van der Waals surface area contributed by atoms with E-state index in [1.165, 1.54) is 0 Å². The van der Waals surface area contributed by atoms with Gasteiger partial charge in [0.25, 0.3) is 0 Å². The molecule has 68 valence electrons. The monoisotopic (exact) mass is 241 g/mol. The van der Waals surface area contributed by atoms with Gasteiger partial charge in [0, 0.05) is 0 Å². The lowest BCUT2D eigenvalue weighted by atomic mass is 10.4. The standard InChI is InChI=1S/C8H8BrN3O/c9-6-2-4-13-7(6)5-12-8(10)1-3-11-12/h1-4H,5,10H2. The zero-order valence-electron chi connectivity index (χ0n) is 6.77. The molecule has 0 aliphatic heterocycles. The molecule has 0 atom stereocenters. The fourth-order valence-electron chi connectivity index (χ4n) is 1.05. The van der Waals surface area contributed by atoms with Gasteiger partial charge in [-0.3, -0.25) is 0 Å². The normalized spacial score (nSPS) is 10.5. The van der Waals surface area contributed by atoms with E-state index in [-0.39, 0.29) is 0 Å². The average molecular weight is 242 g/mol. The van der Waals surface area contributed by atoms with Crippen LogP contribution < -0.4 is 5.73 Å². The van der Waals surface area contributed by atoms with Crippen molar-refractivity contribution in [3.8, 4) is 0 Å². The number of hydrogen-bond acceptors (Lipinski definition) is 3. The Bertz CT molecular complexity index is 369. The highest BCUT2D eigenvalue weighted by molar-refractivity contribution is 9.10. The van der Waals surface area contributed by atoms with Crippen molar-refractivity contribution in [2.45, 2.75) is 6.54 Å². The molecule has 0 aromatic carbocycles. The van der Waals surface area contributed by atoms with E-state index >= 15 is 0 Å². The van der Waals surface area contributed by atoms with Crippen molar-refractivity contribution >= 4 is 21.7 Å². The molecule has 2 N–H and O–H groups in total. The molecule has 2 rings (SSSR count). The molecule has 0 radical (unpaired) electrons. The van der Waals surface area contributed by atoms with Crippen LogP contribution in [0.3, 0.4) is 0 Å². The number of nitrogens with two attached hydrogens (primary N) is 1. The molecule has 0 aliphatic carbocycles. The lowest BCUT2D eigenvalue weighted by molar-refractivity contribution is 0.480. The Labute approximate surface area is 83.5 Å². The predicted octanol–water partition coefficient (Wildman–Crippen LogP) is 1.87. The first-order valence-electron chi connectivity index (χ1n) is 3.76. The van der Waals surface area contributed by atoms with Gasteiger partial charge in [0.1, 0.15) is 18.1 Å². The summed E-state index contributed by atoms with van der Waals surface area (Å²) in [5.41, 5.74) is 5.65. The molecule has 2 aromatic heterocycles. The molecule has 13 heavy (non-hydrogen) atoms. The van der Waals surface area contributed by atoms with Crippen molar-refractivity contribution in [2.24, 2.45) is 0 Å². The summed E-state index contributed by atoms with van der Waals surface area (Å²) in [5, 5.41) is 4.04. The van der Waals surface area contributed by atoms with E-state index in [1.54, 1.807) is 23.2 Å². The van der Waals surface area contributed by atoms with Gasteiger partial charge in [-0.1, -0.05) is 0 Å². The van der Waals surface area contributed by atoms with E-state index < -0.39 is 0 Å². The second-order valence-corrected chi connectivity index (χ2v) is 3.46. The third kappa shape index (κ3) is 1.60. The highest BCUT2D eigenvalue weighted by atomic mass is 79.9. The number of nitrogens with zero attached hydrogens (tertiary/aromatic N) is 2. The molecule has 5 heteroatoms. The van der Waals surface area contributed by atoms with Crippen LogP contribution in [-0.2, 0) is 6.54 Å². The minimum Gasteiger partial charge on any atom is -0.466 e. The van der Waals surface area contributed by atoms with E-state index in [9.17, 15) is 0 Å². The van der Waals surface area contributed by atoms with Crippen molar-refractivity contribution in [3.05, 3.63) is 34.8 Å². The number of rotatable bonds is 2. The van der Waals surface area contributed by atoms with Crippen LogP contribution in [0.15, 0.2) is 33.5 Å². The van der Waals surface area contributed by atoms with Gasteiger partial charge in [0.2, 0.25) is 0 Å². The van der Waals surface area contributed by atoms with Crippen molar-refractivity contribution in [2.75, 3.05) is 5.73 Å². The number of nitrogen functional groups attached to an aromatic ring is 1. The van der Waals surface area contributed by atoms with Crippen LogP contribution in [0, 0.1) is 0 Å². The quantitative estimate of drug-likeness (QED) is 0.874. The van der Waals surface area contributed by atoms with Gasteiger partial charge < -0.3 is 10.2 Å². The second kappa shape index (κ2) is 3.26. The Morgan fingerprint density at radius 1 is 1.54 bits per heavy atom. The topological polar surface area (TPSA) is 57.0 Å². The van der Waals surface area contributed by atoms with E-state index in [1.807, 2.05) is 6.07 Å². The Morgan fingerprint density at radius 2 is 2.38 bits per heavy atom. The van der Waals surface area contributed by atoms with Crippen molar-refractivity contribution in [1.29, 1.82) is 0 Å². The first-order chi connectivity index (χ1) is 6.27. The lowest BCUT2D eigenvalue weighted by Crippen LogP contribution is -2.05. The Hall–Kier alpha value is -1.23. The molecule has 0 bridgehead atoms. The van der Waals surface area contributed by atoms with Crippen molar-refractivity contribution < 1.29 is 4.42 Å². The zero-order chi connectivity index (χ0) is 9.26. The fourth-order valence-corrected chi connectivity index (χ4v) is 1.38. The molecule has 0 saturated carbocycles. The van der Waals surface area contributed by atoms with Gasteiger partial charge in [0.15, 0.2) is 0 Å². The summed E-state index contributed by atoms with van der Waals surface area (Å²) in [6.45, 7) is 0.548. The highest BCUT2D eigenvalue weighted by Gasteiger charge is 2.05. The van der Waals surface area contributed by atoms with Crippen LogP contribution in [0.25, 0.3) is 0 Å².